The number of aryl methyl sites for hydroxylation is 1. The van der Waals surface area contributed by atoms with Gasteiger partial charge in [-0.25, -0.2) is 0 Å². The molecule has 0 amide bonds. The van der Waals surface area contributed by atoms with Crippen molar-refractivity contribution in [2.24, 2.45) is 10.4 Å². The molecular formula is C16H22N2S. The lowest BCUT2D eigenvalue weighted by molar-refractivity contribution is 0.438. The molecule has 0 aromatic heterocycles. The molecule has 0 fully saturated rings. The Kier molecular flexibility index (Phi) is 3.57. The number of rotatable bonds is 1. The van der Waals surface area contributed by atoms with Crippen LogP contribution in [0.3, 0.4) is 0 Å². The van der Waals surface area contributed by atoms with Gasteiger partial charge in [-0.1, -0.05) is 37.7 Å². The van der Waals surface area contributed by atoms with Crippen LogP contribution in [-0.2, 0) is 12.8 Å². The molecule has 1 aliphatic carbocycles. The summed E-state index contributed by atoms with van der Waals surface area (Å²) < 4.78 is 0. The van der Waals surface area contributed by atoms with Crippen molar-refractivity contribution in [3.63, 3.8) is 0 Å². The van der Waals surface area contributed by atoms with Crippen molar-refractivity contribution in [1.29, 1.82) is 0 Å². The van der Waals surface area contributed by atoms with Crippen molar-refractivity contribution in [3.8, 4) is 0 Å². The zero-order valence-corrected chi connectivity index (χ0v) is 12.6. The second-order valence-electron chi connectivity index (χ2n) is 6.35. The number of hydrogen-bond donors (Lipinski definition) is 1. The Morgan fingerprint density at radius 3 is 2.84 bits per heavy atom. The molecule has 0 saturated heterocycles. The minimum Gasteiger partial charge on any atom is -0.335 e. The zero-order valence-electron chi connectivity index (χ0n) is 11.8. The Labute approximate surface area is 120 Å². The third-order valence-electron chi connectivity index (χ3n) is 3.89. The number of thioether (sulfide) groups is 1. The van der Waals surface area contributed by atoms with Gasteiger partial charge in [0, 0.05) is 18.0 Å². The molecule has 19 heavy (non-hydrogen) atoms. The number of nitrogens with zero attached hydrogens (tertiary/aromatic N) is 1. The number of fused-ring (bicyclic) bond motifs is 1. The van der Waals surface area contributed by atoms with Gasteiger partial charge < -0.3 is 5.32 Å². The minimum absolute atomic E-state index is 0.339. The topological polar surface area (TPSA) is 24.4 Å². The third kappa shape index (κ3) is 2.97. The van der Waals surface area contributed by atoms with Crippen LogP contribution in [-0.4, -0.2) is 17.5 Å². The van der Waals surface area contributed by atoms with Crippen LogP contribution in [0.25, 0.3) is 0 Å². The van der Waals surface area contributed by atoms with E-state index in [1.165, 1.54) is 42.5 Å². The summed E-state index contributed by atoms with van der Waals surface area (Å²) in [5.74, 6) is 1.15. The Bertz CT molecular complexity index is 505. The number of amidine groups is 1. The molecule has 1 N–H and O–H groups in total. The molecule has 0 atom stereocenters. The molecule has 0 unspecified atom stereocenters. The Morgan fingerprint density at radius 1 is 1.21 bits per heavy atom. The standard InChI is InChI=1S/C16H22N2S/c1-16(2)10-17-15(19-11-16)18-14-9-5-7-12-6-3-4-8-13(12)14/h5,7,9H,3-4,6,8,10-11H2,1-2H3,(H,17,18). The lowest BCUT2D eigenvalue weighted by atomic mass is 9.90. The zero-order chi connectivity index (χ0) is 13.3. The monoisotopic (exact) mass is 274 g/mol. The molecular weight excluding hydrogens is 252 g/mol. The van der Waals surface area contributed by atoms with E-state index in [0.29, 0.717) is 5.41 Å². The summed E-state index contributed by atoms with van der Waals surface area (Å²) in [7, 11) is 0. The van der Waals surface area contributed by atoms with Crippen LogP contribution in [0, 0.1) is 5.41 Å². The van der Waals surface area contributed by atoms with Gasteiger partial charge in [0.2, 0.25) is 0 Å². The van der Waals surface area contributed by atoms with E-state index < -0.39 is 0 Å². The van der Waals surface area contributed by atoms with Crippen LogP contribution in [0.15, 0.2) is 23.2 Å². The van der Waals surface area contributed by atoms with Gasteiger partial charge in [0.15, 0.2) is 5.17 Å². The largest absolute Gasteiger partial charge is 0.335 e. The van der Waals surface area contributed by atoms with E-state index >= 15 is 0 Å². The van der Waals surface area contributed by atoms with Crippen LogP contribution in [0.5, 0.6) is 0 Å². The van der Waals surface area contributed by atoms with E-state index in [-0.39, 0.29) is 0 Å². The smallest absolute Gasteiger partial charge is 0.161 e. The Morgan fingerprint density at radius 2 is 2.05 bits per heavy atom. The van der Waals surface area contributed by atoms with Crippen LogP contribution in [0.4, 0.5) is 5.69 Å². The Balaban J connectivity index is 1.79. The van der Waals surface area contributed by atoms with E-state index in [0.717, 1.165) is 17.5 Å². The third-order valence-corrected chi connectivity index (χ3v) is 5.32. The summed E-state index contributed by atoms with van der Waals surface area (Å²) >= 11 is 1.85. The summed E-state index contributed by atoms with van der Waals surface area (Å²) in [6.45, 7) is 5.49. The second-order valence-corrected chi connectivity index (χ2v) is 7.31. The molecule has 0 radical (unpaired) electrons. The van der Waals surface area contributed by atoms with Crippen LogP contribution >= 0.6 is 11.8 Å². The van der Waals surface area contributed by atoms with Crippen molar-refractivity contribution in [2.75, 3.05) is 17.6 Å². The molecule has 0 spiro atoms. The predicted octanol–water partition coefficient (Wildman–Crippen LogP) is 4.11. The summed E-state index contributed by atoms with van der Waals surface area (Å²) in [5, 5.41) is 4.66. The van der Waals surface area contributed by atoms with Crippen LogP contribution in [0.1, 0.15) is 37.8 Å². The highest BCUT2D eigenvalue weighted by Gasteiger charge is 2.24. The maximum absolute atomic E-state index is 4.69. The van der Waals surface area contributed by atoms with E-state index in [2.05, 4.69) is 37.4 Å². The van der Waals surface area contributed by atoms with Crippen molar-refractivity contribution in [2.45, 2.75) is 39.5 Å². The lowest BCUT2D eigenvalue weighted by Crippen LogP contribution is -2.27. The van der Waals surface area contributed by atoms with Crippen molar-refractivity contribution in [3.05, 3.63) is 29.3 Å². The molecule has 102 valence electrons. The minimum atomic E-state index is 0.339. The molecule has 2 nitrogen and oxygen atoms in total. The van der Waals surface area contributed by atoms with Crippen molar-refractivity contribution in [1.82, 2.24) is 0 Å². The van der Waals surface area contributed by atoms with Crippen LogP contribution in [0.2, 0.25) is 0 Å². The SMILES string of the molecule is CC1(C)CN=C(Nc2cccc3c2CCCC3)SC1. The fraction of sp³-hybridized carbons (Fsp3) is 0.562. The Hall–Kier alpha value is -0.960. The number of aliphatic imine (C=N–C) groups is 1. The fourth-order valence-electron chi connectivity index (χ4n) is 2.73. The first-order chi connectivity index (χ1) is 9.14. The first kappa shape index (κ1) is 13.0. The molecule has 0 saturated carbocycles. The molecule has 2 aliphatic rings. The van der Waals surface area contributed by atoms with Gasteiger partial charge in [0.05, 0.1) is 0 Å². The number of hydrogen-bond acceptors (Lipinski definition) is 3. The maximum atomic E-state index is 4.69. The first-order valence-electron chi connectivity index (χ1n) is 7.19. The van der Waals surface area contributed by atoms with Crippen LogP contribution < -0.4 is 5.32 Å². The lowest BCUT2D eigenvalue weighted by Gasteiger charge is -2.28. The van der Waals surface area contributed by atoms with E-state index in [4.69, 9.17) is 4.99 Å². The first-order valence-corrected chi connectivity index (χ1v) is 8.18. The fourth-order valence-corrected chi connectivity index (χ4v) is 3.69. The van der Waals surface area contributed by atoms with Crippen molar-refractivity contribution < 1.29 is 0 Å². The molecule has 1 aromatic rings. The van der Waals surface area contributed by atoms with E-state index in [1.54, 1.807) is 0 Å². The van der Waals surface area contributed by atoms with E-state index in [1.807, 2.05) is 11.8 Å². The second kappa shape index (κ2) is 5.20. The van der Waals surface area contributed by atoms with Crippen molar-refractivity contribution >= 4 is 22.6 Å². The predicted molar refractivity (Wildman–Crippen MR) is 85.2 cm³/mol. The summed E-state index contributed by atoms with van der Waals surface area (Å²) in [5.41, 5.74) is 4.66. The molecule has 3 rings (SSSR count). The quantitative estimate of drug-likeness (QED) is 0.833. The summed E-state index contributed by atoms with van der Waals surface area (Å²) in [6.07, 6.45) is 5.10. The van der Waals surface area contributed by atoms with Gasteiger partial charge in [-0.05, 0) is 48.3 Å². The highest BCUT2D eigenvalue weighted by molar-refractivity contribution is 8.14. The van der Waals surface area contributed by atoms with E-state index in [9.17, 15) is 0 Å². The normalized spacial score (nSPS) is 21.5. The summed E-state index contributed by atoms with van der Waals surface area (Å²) in [4.78, 5) is 4.69. The number of benzene rings is 1. The average molecular weight is 274 g/mol. The molecule has 1 aromatic carbocycles. The highest BCUT2D eigenvalue weighted by Crippen LogP contribution is 2.31. The number of anilines is 1. The van der Waals surface area contributed by atoms with Gasteiger partial charge in [-0.3, -0.25) is 4.99 Å². The highest BCUT2D eigenvalue weighted by atomic mass is 32.2. The van der Waals surface area contributed by atoms with Gasteiger partial charge in [-0.15, -0.1) is 0 Å². The summed E-state index contributed by atoms with van der Waals surface area (Å²) in [6, 6.07) is 6.65. The van der Waals surface area contributed by atoms with Gasteiger partial charge in [0.1, 0.15) is 0 Å². The number of nitrogens with one attached hydrogen (secondary N) is 1. The molecule has 3 heteroatoms. The van der Waals surface area contributed by atoms with Gasteiger partial charge >= 0.3 is 0 Å². The molecule has 0 bridgehead atoms. The average Bonchev–Trinajstić information content (AvgIpc) is 2.42. The molecule has 1 aliphatic heterocycles. The van der Waals surface area contributed by atoms with Gasteiger partial charge in [0.25, 0.3) is 0 Å². The van der Waals surface area contributed by atoms with Gasteiger partial charge in [-0.2, -0.15) is 0 Å². The molecule has 1 heterocycles. The maximum Gasteiger partial charge on any atom is 0.161 e.